The maximum atomic E-state index is 10.9. The van der Waals surface area contributed by atoms with Crippen molar-refractivity contribution in [1.29, 1.82) is 0 Å². The lowest BCUT2D eigenvalue weighted by molar-refractivity contribution is -0.140. The van der Waals surface area contributed by atoms with E-state index in [-0.39, 0.29) is 17.6 Å². The molecule has 4 N–H and O–H groups in total. The molecule has 1 aromatic heterocycles. The van der Waals surface area contributed by atoms with Crippen LogP contribution in [0.4, 0.5) is 0 Å². The van der Waals surface area contributed by atoms with Crippen LogP contribution in [-0.4, -0.2) is 45.1 Å². The lowest BCUT2D eigenvalue weighted by Crippen LogP contribution is -2.31. The van der Waals surface area contributed by atoms with Crippen molar-refractivity contribution in [1.82, 2.24) is 4.90 Å². The van der Waals surface area contributed by atoms with Gasteiger partial charge >= 0.3 is 5.97 Å². The van der Waals surface area contributed by atoms with Gasteiger partial charge < -0.3 is 30.0 Å². The number of esters is 1. The van der Waals surface area contributed by atoms with Gasteiger partial charge in [-0.1, -0.05) is 0 Å². The average molecular weight is 320 g/mol. The summed E-state index contributed by atoms with van der Waals surface area (Å²) in [5, 5.41) is 16.1. The molecule has 0 saturated carbocycles. The minimum absolute atomic E-state index is 0.165. The van der Waals surface area contributed by atoms with Gasteiger partial charge in [-0.25, -0.2) is 0 Å². The van der Waals surface area contributed by atoms with Crippen molar-refractivity contribution in [3.05, 3.63) is 24.2 Å². The fourth-order valence-corrected chi connectivity index (χ4v) is 1.32. The highest BCUT2D eigenvalue weighted by atomic mass is 32.1. The van der Waals surface area contributed by atoms with Crippen LogP contribution < -0.4 is 5.73 Å². The predicted octanol–water partition coefficient (Wildman–Crippen LogP) is 1.28. The number of rotatable bonds is 5. The van der Waals surface area contributed by atoms with E-state index in [0.717, 1.165) is 0 Å². The highest BCUT2D eigenvalue weighted by molar-refractivity contribution is 7.80. The van der Waals surface area contributed by atoms with Crippen LogP contribution in [0.25, 0.3) is 0 Å². The number of nitrogens with two attached hydrogens (primary N) is 1. The van der Waals surface area contributed by atoms with Gasteiger partial charge in [-0.05, 0) is 36.6 Å². The first-order valence-corrected chi connectivity index (χ1v) is 6.24. The quantitative estimate of drug-likeness (QED) is 0.546. The van der Waals surface area contributed by atoms with Crippen LogP contribution in [0.15, 0.2) is 22.8 Å². The third-order valence-electron chi connectivity index (χ3n) is 2.01. The average Bonchev–Trinajstić information content (AvgIpc) is 2.85. The summed E-state index contributed by atoms with van der Waals surface area (Å²) in [4.78, 5) is 12.4. The minimum atomic E-state index is -0.500. The molecule has 0 saturated heterocycles. The first-order chi connectivity index (χ1) is 9.36. The van der Waals surface area contributed by atoms with Crippen molar-refractivity contribution in [3.63, 3.8) is 0 Å². The van der Waals surface area contributed by atoms with Crippen LogP contribution in [0, 0.1) is 0 Å². The Morgan fingerprint density at radius 1 is 1.50 bits per heavy atom. The van der Waals surface area contributed by atoms with Gasteiger partial charge in [0, 0.05) is 6.54 Å². The molecule has 112 valence electrons. The number of nitrogens with zero attached hydrogens (tertiary/aromatic N) is 1. The van der Waals surface area contributed by atoms with Crippen LogP contribution in [0.5, 0.6) is 0 Å². The number of hydrogen-bond donors (Lipinski definition) is 3. The molecular weight excluding hydrogens is 304 g/mol. The molecule has 1 aromatic rings. The molecule has 0 spiro atoms. The molecule has 9 heteroatoms. The summed E-state index contributed by atoms with van der Waals surface area (Å²) in [7, 11) is 1.32. The lowest BCUT2D eigenvalue weighted by Gasteiger charge is -2.19. The molecule has 1 heterocycles. The molecule has 0 aliphatic rings. The van der Waals surface area contributed by atoms with Gasteiger partial charge in [0.05, 0.1) is 26.3 Å². The SMILES string of the molecule is COC(=O)CCN(Cc1ccco1)C(O)=S.NC(O)=S. The normalized spacial score (nSPS) is 9.05. The van der Waals surface area contributed by atoms with Crippen molar-refractivity contribution < 1.29 is 24.2 Å². The molecular formula is C11H16N2O5S2. The van der Waals surface area contributed by atoms with Gasteiger partial charge in [-0.3, -0.25) is 4.79 Å². The zero-order valence-corrected chi connectivity index (χ0v) is 12.4. The highest BCUT2D eigenvalue weighted by Gasteiger charge is 2.12. The zero-order chi connectivity index (χ0) is 15.5. The van der Waals surface area contributed by atoms with E-state index in [1.807, 2.05) is 0 Å². The third kappa shape index (κ3) is 9.11. The first kappa shape index (κ1) is 18.1. The van der Waals surface area contributed by atoms with E-state index in [9.17, 15) is 9.90 Å². The van der Waals surface area contributed by atoms with Gasteiger partial charge in [-0.15, -0.1) is 0 Å². The molecule has 0 aromatic carbocycles. The standard InChI is InChI=1S/C10H13NO4S.CH3NOS/c1-14-9(12)4-5-11(10(13)16)7-8-3-2-6-15-8;2-1(3)4/h2-3,6H,4-5,7H2,1H3,(H,13,16);(H3,2,3,4). The molecule has 0 bridgehead atoms. The fourth-order valence-electron chi connectivity index (χ4n) is 1.16. The van der Waals surface area contributed by atoms with Gasteiger partial charge in [0.1, 0.15) is 5.76 Å². The van der Waals surface area contributed by atoms with Crippen molar-refractivity contribution in [2.24, 2.45) is 5.73 Å². The molecule has 0 unspecified atom stereocenters. The third-order valence-corrected chi connectivity index (χ3v) is 2.27. The smallest absolute Gasteiger partial charge is 0.307 e. The van der Waals surface area contributed by atoms with Gasteiger partial charge in [-0.2, -0.15) is 0 Å². The Bertz CT molecular complexity index is 432. The van der Waals surface area contributed by atoms with Crippen LogP contribution in [0.2, 0.25) is 0 Å². The van der Waals surface area contributed by atoms with Crippen LogP contribution in [0.1, 0.15) is 12.2 Å². The summed E-state index contributed by atoms with van der Waals surface area (Å²) in [6.45, 7) is 0.627. The van der Waals surface area contributed by atoms with Crippen LogP contribution in [-0.2, 0) is 16.1 Å². The number of aliphatic hydroxyl groups is 2. The van der Waals surface area contributed by atoms with Gasteiger partial charge in [0.25, 0.3) is 10.3 Å². The second kappa shape index (κ2) is 9.98. The number of carbonyl (C=O) groups excluding carboxylic acids is 1. The molecule has 20 heavy (non-hydrogen) atoms. The Morgan fingerprint density at radius 2 is 2.10 bits per heavy atom. The first-order valence-electron chi connectivity index (χ1n) is 5.42. The van der Waals surface area contributed by atoms with E-state index in [0.29, 0.717) is 18.8 Å². The van der Waals surface area contributed by atoms with Crippen molar-refractivity contribution in [3.8, 4) is 0 Å². The second-order valence-corrected chi connectivity index (χ2v) is 4.23. The van der Waals surface area contributed by atoms with E-state index in [1.165, 1.54) is 18.3 Å². The predicted molar refractivity (Wildman–Crippen MR) is 80.4 cm³/mol. The summed E-state index contributed by atoms with van der Waals surface area (Å²) in [5.74, 6) is 0.321. The number of thiocarbonyl (C=S) groups is 2. The number of methoxy groups -OCH3 is 1. The van der Waals surface area contributed by atoms with E-state index in [2.05, 4.69) is 34.9 Å². The Labute approximate surface area is 126 Å². The summed E-state index contributed by atoms with van der Waals surface area (Å²) in [5.41, 5.74) is 4.40. The van der Waals surface area contributed by atoms with Gasteiger partial charge in [0.15, 0.2) is 0 Å². The van der Waals surface area contributed by atoms with E-state index in [1.54, 1.807) is 12.1 Å². The number of furan rings is 1. The maximum Gasteiger partial charge on any atom is 0.307 e. The fraction of sp³-hybridized carbons (Fsp3) is 0.364. The number of aliphatic hydroxyl groups excluding tert-OH is 2. The summed E-state index contributed by atoms with van der Waals surface area (Å²) < 4.78 is 9.62. The number of carbonyl (C=O) groups is 1. The lowest BCUT2D eigenvalue weighted by atomic mass is 10.3. The van der Waals surface area contributed by atoms with Crippen molar-refractivity contribution in [2.75, 3.05) is 13.7 Å². The monoisotopic (exact) mass is 320 g/mol. The molecule has 7 nitrogen and oxygen atoms in total. The molecule has 0 atom stereocenters. The van der Waals surface area contributed by atoms with Crippen LogP contribution >= 0.6 is 24.4 Å². The summed E-state index contributed by atoms with van der Waals surface area (Å²) >= 11 is 8.54. The minimum Gasteiger partial charge on any atom is -0.487 e. The Kier molecular flexibility index (Phi) is 9.05. The highest BCUT2D eigenvalue weighted by Crippen LogP contribution is 2.06. The molecule has 1 rings (SSSR count). The van der Waals surface area contributed by atoms with Crippen molar-refractivity contribution in [2.45, 2.75) is 13.0 Å². The second-order valence-electron chi connectivity index (χ2n) is 3.45. The Hall–Kier alpha value is -1.87. The zero-order valence-electron chi connectivity index (χ0n) is 10.8. The molecule has 0 fully saturated rings. The molecule has 0 aliphatic heterocycles. The number of hydrogen-bond acceptors (Lipinski definition) is 5. The molecule has 0 amide bonds. The number of ether oxygens (including phenoxy) is 1. The van der Waals surface area contributed by atoms with E-state index >= 15 is 0 Å². The van der Waals surface area contributed by atoms with E-state index in [4.69, 9.17) is 9.52 Å². The molecule has 0 aliphatic carbocycles. The summed E-state index contributed by atoms with van der Waals surface area (Å²) in [6.07, 6.45) is 1.70. The topological polar surface area (TPSA) is 109 Å². The van der Waals surface area contributed by atoms with Crippen molar-refractivity contribution >= 4 is 40.8 Å². The Morgan fingerprint density at radius 3 is 2.50 bits per heavy atom. The van der Waals surface area contributed by atoms with Gasteiger partial charge in [0.2, 0.25) is 0 Å². The molecule has 0 radical (unpaired) electrons. The maximum absolute atomic E-state index is 10.9. The Balaban J connectivity index is 0.000000796. The van der Waals surface area contributed by atoms with E-state index < -0.39 is 5.17 Å². The largest absolute Gasteiger partial charge is 0.487 e. The summed E-state index contributed by atoms with van der Waals surface area (Å²) in [6, 6.07) is 3.51. The van der Waals surface area contributed by atoms with Crippen LogP contribution in [0.3, 0.4) is 0 Å².